The second kappa shape index (κ2) is 10.3. The Hall–Kier alpha value is -3.32. The van der Waals surface area contributed by atoms with Gasteiger partial charge in [-0.2, -0.15) is 0 Å². The van der Waals surface area contributed by atoms with E-state index >= 15 is 0 Å². The number of rotatable bonds is 9. The lowest BCUT2D eigenvalue weighted by Crippen LogP contribution is -2.41. The van der Waals surface area contributed by atoms with Gasteiger partial charge in [0.05, 0.1) is 17.2 Å². The lowest BCUT2D eigenvalue weighted by molar-refractivity contribution is -0.119. The fourth-order valence-corrected chi connectivity index (χ4v) is 4.72. The van der Waals surface area contributed by atoms with Gasteiger partial charge in [-0.05, 0) is 62.2 Å². The molecule has 0 spiro atoms. The van der Waals surface area contributed by atoms with Crippen molar-refractivity contribution in [2.45, 2.75) is 32.2 Å². The number of anilines is 1. The van der Waals surface area contributed by atoms with Crippen molar-refractivity contribution < 1.29 is 17.9 Å². The summed E-state index contributed by atoms with van der Waals surface area (Å²) in [7, 11) is -3.93. The molecular formula is C25H28N2O4S. The predicted molar refractivity (Wildman–Crippen MR) is 126 cm³/mol. The highest BCUT2D eigenvalue weighted by molar-refractivity contribution is 7.92. The van der Waals surface area contributed by atoms with E-state index in [-0.39, 0.29) is 18.0 Å². The van der Waals surface area contributed by atoms with Crippen LogP contribution in [0.4, 0.5) is 5.69 Å². The molecule has 0 bridgehead atoms. The highest BCUT2D eigenvalue weighted by Crippen LogP contribution is 2.26. The quantitative estimate of drug-likeness (QED) is 0.528. The molecule has 0 saturated heterocycles. The molecule has 6 nitrogen and oxygen atoms in total. The Bertz CT molecular complexity index is 1160. The molecule has 0 aliphatic carbocycles. The van der Waals surface area contributed by atoms with Gasteiger partial charge in [-0.3, -0.25) is 9.10 Å². The molecule has 0 unspecified atom stereocenters. The normalized spacial score (nSPS) is 11.1. The molecule has 1 N–H and O–H groups in total. The molecule has 3 aromatic rings. The van der Waals surface area contributed by atoms with E-state index in [0.717, 1.165) is 22.4 Å². The van der Waals surface area contributed by atoms with Gasteiger partial charge in [-0.15, -0.1) is 0 Å². The van der Waals surface area contributed by atoms with Gasteiger partial charge in [0.25, 0.3) is 10.0 Å². The predicted octanol–water partition coefficient (Wildman–Crippen LogP) is 4.21. The van der Waals surface area contributed by atoms with E-state index in [4.69, 9.17) is 4.74 Å². The average molecular weight is 453 g/mol. The summed E-state index contributed by atoms with van der Waals surface area (Å²) in [5.41, 5.74) is 3.09. The van der Waals surface area contributed by atoms with Gasteiger partial charge in [0, 0.05) is 6.54 Å². The first-order valence-corrected chi connectivity index (χ1v) is 11.9. The van der Waals surface area contributed by atoms with Crippen molar-refractivity contribution in [1.29, 1.82) is 0 Å². The van der Waals surface area contributed by atoms with Gasteiger partial charge in [0.2, 0.25) is 5.91 Å². The third-order valence-electron chi connectivity index (χ3n) is 5.00. The molecule has 0 saturated carbocycles. The van der Waals surface area contributed by atoms with Crippen molar-refractivity contribution >= 4 is 21.6 Å². The van der Waals surface area contributed by atoms with E-state index in [0.29, 0.717) is 12.3 Å². The molecule has 32 heavy (non-hydrogen) atoms. The van der Waals surface area contributed by atoms with Crippen LogP contribution in [0.25, 0.3) is 0 Å². The summed E-state index contributed by atoms with van der Waals surface area (Å²) < 4.78 is 33.5. The molecule has 1 amide bonds. The number of ether oxygens (including phenoxy) is 1. The number of aryl methyl sites for hydroxylation is 2. The Labute approximate surface area is 189 Å². The lowest BCUT2D eigenvalue weighted by atomic mass is 10.2. The molecule has 0 radical (unpaired) electrons. The molecule has 7 heteroatoms. The summed E-state index contributed by atoms with van der Waals surface area (Å²) in [5, 5.41) is 2.82. The van der Waals surface area contributed by atoms with Gasteiger partial charge in [-0.25, -0.2) is 8.42 Å². The maximum absolute atomic E-state index is 13.4. The van der Waals surface area contributed by atoms with Gasteiger partial charge in [0.15, 0.2) is 0 Å². The van der Waals surface area contributed by atoms with Crippen LogP contribution in [0.2, 0.25) is 0 Å². The molecule has 3 rings (SSSR count). The maximum Gasteiger partial charge on any atom is 0.264 e. The topological polar surface area (TPSA) is 75.7 Å². The Morgan fingerprint density at radius 3 is 2.22 bits per heavy atom. The zero-order valence-corrected chi connectivity index (χ0v) is 19.4. The molecule has 0 aliphatic rings. The summed E-state index contributed by atoms with van der Waals surface area (Å²) in [6.07, 6.45) is 0. The van der Waals surface area contributed by atoms with Crippen molar-refractivity contribution in [3.63, 3.8) is 0 Å². The summed E-state index contributed by atoms with van der Waals surface area (Å²) >= 11 is 0. The molecule has 0 fully saturated rings. The van der Waals surface area contributed by atoms with Crippen LogP contribution in [-0.4, -0.2) is 27.5 Å². The second-order valence-corrected chi connectivity index (χ2v) is 9.33. The van der Waals surface area contributed by atoms with Crippen LogP contribution >= 0.6 is 0 Å². The minimum atomic E-state index is -3.93. The van der Waals surface area contributed by atoms with Crippen LogP contribution in [0.3, 0.4) is 0 Å². The van der Waals surface area contributed by atoms with Crippen molar-refractivity contribution in [1.82, 2.24) is 5.32 Å². The molecular weight excluding hydrogens is 424 g/mol. The molecule has 3 aromatic carbocycles. The first kappa shape index (κ1) is 23.3. The zero-order valence-electron chi connectivity index (χ0n) is 18.5. The summed E-state index contributed by atoms with van der Waals surface area (Å²) in [4.78, 5) is 12.9. The number of benzene rings is 3. The Morgan fingerprint density at radius 2 is 1.59 bits per heavy atom. The fourth-order valence-electron chi connectivity index (χ4n) is 3.24. The van der Waals surface area contributed by atoms with Gasteiger partial charge >= 0.3 is 0 Å². The lowest BCUT2D eigenvalue weighted by Gasteiger charge is -2.25. The van der Waals surface area contributed by atoms with Crippen molar-refractivity contribution in [2.24, 2.45) is 0 Å². The summed E-state index contributed by atoms with van der Waals surface area (Å²) in [6, 6.07) is 21.2. The van der Waals surface area contributed by atoms with Crippen LogP contribution in [0.1, 0.15) is 23.6 Å². The number of nitrogens with one attached hydrogen (secondary N) is 1. The maximum atomic E-state index is 13.4. The van der Waals surface area contributed by atoms with E-state index < -0.39 is 15.9 Å². The second-order valence-electron chi connectivity index (χ2n) is 7.46. The van der Waals surface area contributed by atoms with E-state index in [1.807, 2.05) is 57.2 Å². The monoisotopic (exact) mass is 452 g/mol. The molecule has 0 heterocycles. The van der Waals surface area contributed by atoms with E-state index in [1.165, 1.54) is 4.31 Å². The number of sulfonamides is 1. The number of amides is 1. The molecule has 0 aliphatic heterocycles. The van der Waals surface area contributed by atoms with Crippen molar-refractivity contribution in [3.05, 3.63) is 89.5 Å². The Kier molecular flexibility index (Phi) is 7.53. The summed E-state index contributed by atoms with van der Waals surface area (Å²) in [5.74, 6) is 0.371. The van der Waals surface area contributed by atoms with Crippen LogP contribution in [0.5, 0.6) is 5.75 Å². The smallest absolute Gasteiger partial charge is 0.264 e. The standard InChI is InChI=1S/C25H28N2O4S/c1-4-31-22-13-11-21(12-14-22)17-26-25(28)18-27(24-8-6-5-7-20(24)3)32(29,30)23-15-9-19(2)10-16-23/h5-16H,4,17-18H2,1-3H3,(H,26,28). The fraction of sp³-hybridized carbons (Fsp3) is 0.240. The first-order valence-electron chi connectivity index (χ1n) is 10.4. The van der Waals surface area contributed by atoms with Crippen LogP contribution in [-0.2, 0) is 21.4 Å². The number of carbonyl (C=O) groups excluding carboxylic acids is 1. The largest absolute Gasteiger partial charge is 0.494 e. The van der Waals surface area contributed by atoms with E-state index in [9.17, 15) is 13.2 Å². The van der Waals surface area contributed by atoms with Crippen LogP contribution < -0.4 is 14.4 Å². The SMILES string of the molecule is CCOc1ccc(CNC(=O)CN(c2ccccc2C)S(=O)(=O)c2ccc(C)cc2)cc1. The number of hydrogen-bond acceptors (Lipinski definition) is 4. The summed E-state index contributed by atoms with van der Waals surface area (Å²) in [6.45, 7) is 6.18. The van der Waals surface area contributed by atoms with Gasteiger partial charge < -0.3 is 10.1 Å². The highest BCUT2D eigenvalue weighted by Gasteiger charge is 2.28. The van der Waals surface area contributed by atoms with Gasteiger partial charge in [0.1, 0.15) is 12.3 Å². The third-order valence-corrected chi connectivity index (χ3v) is 6.78. The Morgan fingerprint density at radius 1 is 0.938 bits per heavy atom. The number of hydrogen-bond donors (Lipinski definition) is 1. The minimum Gasteiger partial charge on any atom is -0.494 e. The van der Waals surface area contributed by atoms with Crippen molar-refractivity contribution in [3.8, 4) is 5.75 Å². The first-order chi connectivity index (χ1) is 15.3. The molecule has 0 atom stereocenters. The number of carbonyl (C=O) groups is 1. The van der Waals surface area contributed by atoms with Crippen LogP contribution in [0.15, 0.2) is 77.7 Å². The minimum absolute atomic E-state index is 0.144. The third kappa shape index (κ3) is 5.68. The van der Waals surface area contributed by atoms with E-state index in [2.05, 4.69) is 5.32 Å². The zero-order chi connectivity index (χ0) is 23.1. The molecule has 0 aromatic heterocycles. The van der Waals surface area contributed by atoms with E-state index in [1.54, 1.807) is 36.4 Å². The number of para-hydroxylation sites is 1. The molecule has 168 valence electrons. The van der Waals surface area contributed by atoms with Crippen LogP contribution in [0, 0.1) is 13.8 Å². The van der Waals surface area contributed by atoms with Gasteiger partial charge in [-0.1, -0.05) is 48.0 Å². The highest BCUT2D eigenvalue weighted by atomic mass is 32.2. The number of nitrogens with zero attached hydrogens (tertiary/aromatic N) is 1. The Balaban J connectivity index is 1.80. The van der Waals surface area contributed by atoms with Crippen molar-refractivity contribution in [2.75, 3.05) is 17.5 Å². The average Bonchev–Trinajstić information content (AvgIpc) is 2.78.